The predicted molar refractivity (Wildman–Crippen MR) is 75.4 cm³/mol. The van der Waals surface area contributed by atoms with Crippen LogP contribution in [0, 0.1) is 11.3 Å². The molecule has 0 fully saturated rings. The predicted octanol–water partition coefficient (Wildman–Crippen LogP) is 4.35. The summed E-state index contributed by atoms with van der Waals surface area (Å²) in [6.07, 6.45) is 12.0. The van der Waals surface area contributed by atoms with E-state index in [1.54, 1.807) is 12.2 Å². The molecule has 0 aromatic heterocycles. The Morgan fingerprint density at radius 2 is 2.28 bits per heavy atom. The zero-order valence-electron chi connectivity index (χ0n) is 11.6. The van der Waals surface area contributed by atoms with Gasteiger partial charge in [-0.2, -0.15) is 0 Å². The normalized spacial score (nSPS) is 23.5. The number of aliphatic hydroxyl groups is 1. The van der Waals surface area contributed by atoms with Crippen molar-refractivity contribution in [3.8, 4) is 0 Å². The zero-order chi connectivity index (χ0) is 13.6. The third-order valence-electron chi connectivity index (χ3n) is 3.72. The van der Waals surface area contributed by atoms with Crippen molar-refractivity contribution in [1.29, 1.82) is 0 Å². The first-order valence-electron chi connectivity index (χ1n) is 6.64. The fourth-order valence-corrected chi connectivity index (χ4v) is 2.57. The fourth-order valence-electron chi connectivity index (χ4n) is 2.57. The van der Waals surface area contributed by atoms with Crippen LogP contribution in [0.4, 0.5) is 0 Å². The van der Waals surface area contributed by atoms with Crippen LogP contribution < -0.4 is 0 Å². The standard InChI is InChI=1S/C16H24O2/c1-13-7-6-11-16(2,3)15(13)10-9-14(18)8-4-5-12-17/h5,7,9-10,12,15,17H,4,6,8,11H2,1-3H3/b10-9+,12-5+. The second-order valence-electron chi connectivity index (χ2n) is 5.70. The van der Waals surface area contributed by atoms with Gasteiger partial charge in [0.15, 0.2) is 5.78 Å². The highest BCUT2D eigenvalue weighted by atomic mass is 16.2. The molecule has 0 amide bonds. The van der Waals surface area contributed by atoms with E-state index in [2.05, 4.69) is 32.9 Å². The van der Waals surface area contributed by atoms with Gasteiger partial charge < -0.3 is 5.11 Å². The molecule has 100 valence electrons. The number of carbonyl (C=O) groups excluding carboxylic acids is 1. The van der Waals surface area contributed by atoms with Gasteiger partial charge >= 0.3 is 0 Å². The van der Waals surface area contributed by atoms with Crippen LogP contribution in [0.15, 0.2) is 36.1 Å². The lowest BCUT2D eigenvalue weighted by molar-refractivity contribution is -0.114. The van der Waals surface area contributed by atoms with Gasteiger partial charge in [-0.15, -0.1) is 0 Å². The Bertz CT molecular complexity index is 373. The van der Waals surface area contributed by atoms with Crippen molar-refractivity contribution in [3.63, 3.8) is 0 Å². The summed E-state index contributed by atoms with van der Waals surface area (Å²) in [5, 5.41) is 8.50. The number of carbonyl (C=O) groups is 1. The van der Waals surface area contributed by atoms with Crippen molar-refractivity contribution >= 4 is 5.78 Å². The number of allylic oxidation sites excluding steroid dienone is 5. The van der Waals surface area contributed by atoms with E-state index >= 15 is 0 Å². The van der Waals surface area contributed by atoms with Gasteiger partial charge in [-0.25, -0.2) is 0 Å². The van der Waals surface area contributed by atoms with Crippen LogP contribution >= 0.6 is 0 Å². The molecule has 1 atom stereocenters. The van der Waals surface area contributed by atoms with Gasteiger partial charge in [-0.1, -0.05) is 31.6 Å². The quantitative estimate of drug-likeness (QED) is 0.446. The molecule has 1 aliphatic rings. The van der Waals surface area contributed by atoms with Crippen LogP contribution in [0.25, 0.3) is 0 Å². The molecule has 0 aromatic rings. The second kappa shape index (κ2) is 6.58. The third-order valence-corrected chi connectivity index (χ3v) is 3.72. The first kappa shape index (κ1) is 14.7. The van der Waals surface area contributed by atoms with Crippen LogP contribution in [0.3, 0.4) is 0 Å². The Hall–Kier alpha value is -1.31. The van der Waals surface area contributed by atoms with Crippen molar-refractivity contribution in [2.45, 2.75) is 46.5 Å². The Morgan fingerprint density at radius 1 is 1.56 bits per heavy atom. The van der Waals surface area contributed by atoms with E-state index in [4.69, 9.17) is 5.11 Å². The fraction of sp³-hybridized carbons (Fsp3) is 0.562. The number of aliphatic hydroxyl groups excluding tert-OH is 1. The molecule has 1 rings (SSSR count). The molecule has 2 nitrogen and oxygen atoms in total. The summed E-state index contributed by atoms with van der Waals surface area (Å²) in [6.45, 7) is 6.67. The molecule has 0 heterocycles. The Kier molecular flexibility index (Phi) is 5.39. The summed E-state index contributed by atoms with van der Waals surface area (Å²) in [7, 11) is 0. The molecule has 0 aliphatic heterocycles. The van der Waals surface area contributed by atoms with Crippen molar-refractivity contribution < 1.29 is 9.90 Å². The van der Waals surface area contributed by atoms with E-state index in [0.29, 0.717) is 18.8 Å². The number of hydrogen-bond donors (Lipinski definition) is 1. The van der Waals surface area contributed by atoms with Crippen molar-refractivity contribution in [1.82, 2.24) is 0 Å². The van der Waals surface area contributed by atoms with E-state index in [9.17, 15) is 4.79 Å². The maximum Gasteiger partial charge on any atom is 0.155 e. The van der Waals surface area contributed by atoms with Gasteiger partial charge in [0.1, 0.15) is 0 Å². The Morgan fingerprint density at radius 3 is 2.89 bits per heavy atom. The molecule has 0 bridgehead atoms. The Labute approximate surface area is 110 Å². The first-order chi connectivity index (χ1) is 8.47. The van der Waals surface area contributed by atoms with Gasteiger partial charge in [0, 0.05) is 12.3 Å². The molecule has 0 radical (unpaired) electrons. The van der Waals surface area contributed by atoms with E-state index < -0.39 is 0 Å². The van der Waals surface area contributed by atoms with E-state index in [1.807, 2.05) is 0 Å². The summed E-state index contributed by atoms with van der Waals surface area (Å²) < 4.78 is 0. The highest BCUT2D eigenvalue weighted by Gasteiger charge is 2.30. The minimum absolute atomic E-state index is 0.127. The zero-order valence-corrected chi connectivity index (χ0v) is 11.6. The summed E-state index contributed by atoms with van der Waals surface area (Å²) in [5.41, 5.74) is 1.60. The van der Waals surface area contributed by atoms with Gasteiger partial charge in [-0.05, 0) is 43.8 Å². The highest BCUT2D eigenvalue weighted by molar-refractivity contribution is 5.89. The molecule has 18 heavy (non-hydrogen) atoms. The maximum atomic E-state index is 11.7. The summed E-state index contributed by atoms with van der Waals surface area (Å²) in [5.74, 6) is 0.492. The summed E-state index contributed by atoms with van der Waals surface area (Å²) in [4.78, 5) is 11.7. The van der Waals surface area contributed by atoms with Crippen LogP contribution in [0.2, 0.25) is 0 Å². The van der Waals surface area contributed by atoms with Crippen LogP contribution in [-0.4, -0.2) is 10.9 Å². The van der Waals surface area contributed by atoms with Gasteiger partial charge in [0.2, 0.25) is 0 Å². The molecule has 0 saturated heterocycles. The molecular formula is C16H24O2. The maximum absolute atomic E-state index is 11.7. The molecule has 0 aromatic carbocycles. The average molecular weight is 248 g/mol. The molecule has 1 N–H and O–H groups in total. The van der Waals surface area contributed by atoms with Crippen molar-refractivity contribution in [2.75, 3.05) is 0 Å². The van der Waals surface area contributed by atoms with Crippen LogP contribution in [0.5, 0.6) is 0 Å². The SMILES string of the molecule is CC1=CCCC(C)(C)C1/C=C/C(=O)CC/C=C/O. The summed E-state index contributed by atoms with van der Waals surface area (Å²) in [6, 6.07) is 0. The summed E-state index contributed by atoms with van der Waals surface area (Å²) >= 11 is 0. The number of hydrogen-bond acceptors (Lipinski definition) is 2. The third kappa shape index (κ3) is 4.17. The Balaban J connectivity index is 2.61. The molecule has 1 aliphatic carbocycles. The minimum atomic E-state index is 0.127. The first-order valence-corrected chi connectivity index (χ1v) is 6.64. The molecule has 0 spiro atoms. The van der Waals surface area contributed by atoms with Crippen LogP contribution in [-0.2, 0) is 4.79 Å². The van der Waals surface area contributed by atoms with Gasteiger partial charge in [0.25, 0.3) is 0 Å². The largest absolute Gasteiger partial charge is 0.516 e. The van der Waals surface area contributed by atoms with Gasteiger partial charge in [-0.3, -0.25) is 4.79 Å². The van der Waals surface area contributed by atoms with Gasteiger partial charge in [0.05, 0.1) is 6.26 Å². The average Bonchev–Trinajstić information content (AvgIpc) is 2.28. The van der Waals surface area contributed by atoms with Crippen LogP contribution in [0.1, 0.15) is 46.5 Å². The monoisotopic (exact) mass is 248 g/mol. The second-order valence-corrected chi connectivity index (χ2v) is 5.70. The highest BCUT2D eigenvalue weighted by Crippen LogP contribution is 2.41. The number of rotatable bonds is 5. The smallest absolute Gasteiger partial charge is 0.155 e. The lowest BCUT2D eigenvalue weighted by atomic mass is 9.68. The lowest BCUT2D eigenvalue weighted by Gasteiger charge is -2.36. The van der Waals surface area contributed by atoms with E-state index in [1.165, 1.54) is 12.0 Å². The molecular weight excluding hydrogens is 224 g/mol. The topological polar surface area (TPSA) is 37.3 Å². The van der Waals surface area contributed by atoms with Crippen molar-refractivity contribution in [3.05, 3.63) is 36.1 Å². The molecule has 2 heteroatoms. The molecule has 1 unspecified atom stereocenters. The number of ketones is 1. The van der Waals surface area contributed by atoms with E-state index in [0.717, 1.165) is 12.7 Å². The molecule has 0 saturated carbocycles. The van der Waals surface area contributed by atoms with E-state index in [-0.39, 0.29) is 11.2 Å². The lowest BCUT2D eigenvalue weighted by Crippen LogP contribution is -2.26. The van der Waals surface area contributed by atoms with Crippen molar-refractivity contribution in [2.24, 2.45) is 11.3 Å². The minimum Gasteiger partial charge on any atom is -0.516 e.